The van der Waals surface area contributed by atoms with Crippen molar-refractivity contribution < 1.29 is 19.1 Å². The van der Waals surface area contributed by atoms with Crippen LogP contribution in [0.3, 0.4) is 0 Å². The number of nitriles is 1. The van der Waals surface area contributed by atoms with Gasteiger partial charge in [0.2, 0.25) is 5.91 Å². The van der Waals surface area contributed by atoms with Crippen LogP contribution in [-0.2, 0) is 9.59 Å². The summed E-state index contributed by atoms with van der Waals surface area (Å²) in [6.07, 6.45) is 0. The number of amides is 2. The number of hydrogen-bond acceptors (Lipinski definition) is 6. The molecule has 1 heterocycles. The van der Waals surface area contributed by atoms with Crippen LogP contribution in [-0.4, -0.2) is 73.6 Å². The lowest BCUT2D eigenvalue weighted by Gasteiger charge is -2.34. The van der Waals surface area contributed by atoms with E-state index in [9.17, 15) is 9.59 Å². The molecule has 2 amide bonds. The van der Waals surface area contributed by atoms with Crippen LogP contribution in [0, 0.1) is 11.3 Å². The van der Waals surface area contributed by atoms with Crippen LogP contribution in [0.2, 0.25) is 0 Å². The molecule has 8 nitrogen and oxygen atoms in total. The SMILES string of the molecule is COc1cc(C#N)ccc1OCC(=O)N1CCN(CC(=O)NC(C)(C)C)CC1. The first-order valence-electron chi connectivity index (χ1n) is 9.24. The maximum atomic E-state index is 12.4. The van der Waals surface area contributed by atoms with E-state index in [2.05, 4.69) is 5.32 Å². The summed E-state index contributed by atoms with van der Waals surface area (Å²) in [5.41, 5.74) is 0.209. The van der Waals surface area contributed by atoms with Gasteiger partial charge in [0.1, 0.15) is 0 Å². The zero-order chi connectivity index (χ0) is 20.7. The molecule has 1 aliphatic rings. The average Bonchev–Trinajstić information content (AvgIpc) is 2.65. The van der Waals surface area contributed by atoms with E-state index in [1.165, 1.54) is 7.11 Å². The number of hydrogen-bond donors (Lipinski definition) is 1. The largest absolute Gasteiger partial charge is 0.493 e. The number of rotatable bonds is 6. The van der Waals surface area contributed by atoms with Crippen molar-refractivity contribution in [3.63, 3.8) is 0 Å². The standard InChI is InChI=1S/C20H28N4O4/c1-20(2,3)22-18(25)13-23-7-9-24(10-8-23)19(26)14-28-16-6-5-15(12-21)11-17(16)27-4/h5-6,11H,7-10,13-14H2,1-4H3,(H,22,25). The van der Waals surface area contributed by atoms with Crippen LogP contribution in [0.1, 0.15) is 26.3 Å². The Hall–Kier alpha value is -2.79. The topological polar surface area (TPSA) is 94.9 Å². The van der Waals surface area contributed by atoms with Crippen molar-refractivity contribution in [2.24, 2.45) is 0 Å². The van der Waals surface area contributed by atoms with Gasteiger partial charge in [0.05, 0.1) is 25.3 Å². The number of ether oxygens (including phenoxy) is 2. The third-order valence-corrected chi connectivity index (χ3v) is 4.25. The highest BCUT2D eigenvalue weighted by Gasteiger charge is 2.24. The van der Waals surface area contributed by atoms with Crippen LogP contribution in [0.25, 0.3) is 0 Å². The van der Waals surface area contributed by atoms with Crippen molar-refractivity contribution in [2.45, 2.75) is 26.3 Å². The number of piperazine rings is 1. The molecule has 2 rings (SSSR count). The molecule has 1 aromatic rings. The van der Waals surface area contributed by atoms with Crippen molar-refractivity contribution in [3.8, 4) is 17.6 Å². The summed E-state index contributed by atoms with van der Waals surface area (Å²) >= 11 is 0. The highest BCUT2D eigenvalue weighted by Crippen LogP contribution is 2.27. The molecule has 0 bridgehead atoms. The monoisotopic (exact) mass is 388 g/mol. The minimum absolute atomic E-state index is 0.0106. The highest BCUT2D eigenvalue weighted by atomic mass is 16.5. The fourth-order valence-corrected chi connectivity index (χ4v) is 2.90. The molecule has 1 saturated heterocycles. The van der Waals surface area contributed by atoms with Crippen molar-refractivity contribution in [1.29, 1.82) is 5.26 Å². The van der Waals surface area contributed by atoms with Crippen LogP contribution < -0.4 is 14.8 Å². The maximum Gasteiger partial charge on any atom is 0.260 e. The minimum atomic E-state index is -0.251. The van der Waals surface area contributed by atoms with E-state index in [0.717, 1.165) is 0 Å². The Morgan fingerprint density at radius 2 is 1.86 bits per heavy atom. The van der Waals surface area contributed by atoms with E-state index in [4.69, 9.17) is 14.7 Å². The van der Waals surface area contributed by atoms with Crippen LogP contribution in [0.5, 0.6) is 11.5 Å². The van der Waals surface area contributed by atoms with Crippen LogP contribution in [0.4, 0.5) is 0 Å². The molecule has 0 unspecified atom stereocenters. The summed E-state index contributed by atoms with van der Waals surface area (Å²) in [5.74, 6) is 0.711. The van der Waals surface area contributed by atoms with Gasteiger partial charge in [-0.1, -0.05) is 0 Å². The van der Waals surface area contributed by atoms with Crippen molar-refractivity contribution in [2.75, 3.05) is 46.4 Å². The Bertz CT molecular complexity index is 744. The van der Waals surface area contributed by atoms with E-state index < -0.39 is 0 Å². The van der Waals surface area contributed by atoms with Gasteiger partial charge in [0.25, 0.3) is 5.91 Å². The smallest absolute Gasteiger partial charge is 0.260 e. The molecule has 1 N–H and O–H groups in total. The molecule has 0 spiro atoms. The molecular formula is C20H28N4O4. The summed E-state index contributed by atoms with van der Waals surface area (Å²) in [6.45, 7) is 8.46. The van der Waals surface area contributed by atoms with Gasteiger partial charge in [-0.2, -0.15) is 5.26 Å². The molecule has 0 saturated carbocycles. The third kappa shape index (κ3) is 6.43. The zero-order valence-electron chi connectivity index (χ0n) is 16.9. The van der Waals surface area contributed by atoms with Gasteiger partial charge in [-0.15, -0.1) is 0 Å². The Kier molecular flexibility index (Phi) is 7.24. The molecule has 0 atom stereocenters. The summed E-state index contributed by atoms with van der Waals surface area (Å²) in [5, 5.41) is 11.9. The Labute approximate surface area is 166 Å². The van der Waals surface area contributed by atoms with Gasteiger partial charge in [0.15, 0.2) is 18.1 Å². The van der Waals surface area contributed by atoms with Crippen LogP contribution >= 0.6 is 0 Å². The number of nitrogens with one attached hydrogen (secondary N) is 1. The predicted octanol–water partition coefficient (Wildman–Crippen LogP) is 1.00. The lowest BCUT2D eigenvalue weighted by atomic mass is 10.1. The number of carbonyl (C=O) groups is 2. The molecule has 1 fully saturated rings. The minimum Gasteiger partial charge on any atom is -0.493 e. The van der Waals surface area contributed by atoms with E-state index in [0.29, 0.717) is 49.8 Å². The fraction of sp³-hybridized carbons (Fsp3) is 0.550. The number of methoxy groups -OCH3 is 1. The molecule has 152 valence electrons. The first-order chi connectivity index (χ1) is 13.2. The fourth-order valence-electron chi connectivity index (χ4n) is 2.90. The van der Waals surface area contributed by atoms with Gasteiger partial charge >= 0.3 is 0 Å². The zero-order valence-corrected chi connectivity index (χ0v) is 16.9. The molecule has 0 radical (unpaired) electrons. The third-order valence-electron chi connectivity index (χ3n) is 4.25. The summed E-state index contributed by atoms with van der Waals surface area (Å²) in [6, 6.07) is 6.84. The van der Waals surface area contributed by atoms with E-state index in [1.54, 1.807) is 23.1 Å². The second-order valence-corrected chi connectivity index (χ2v) is 7.72. The van der Waals surface area contributed by atoms with Gasteiger partial charge in [0, 0.05) is 37.8 Å². The molecule has 0 aliphatic carbocycles. The van der Waals surface area contributed by atoms with Crippen LogP contribution in [0.15, 0.2) is 18.2 Å². The maximum absolute atomic E-state index is 12.4. The van der Waals surface area contributed by atoms with E-state index in [1.807, 2.05) is 31.7 Å². The lowest BCUT2D eigenvalue weighted by Crippen LogP contribution is -2.53. The average molecular weight is 388 g/mol. The molecule has 28 heavy (non-hydrogen) atoms. The molecular weight excluding hydrogens is 360 g/mol. The lowest BCUT2D eigenvalue weighted by molar-refractivity contribution is -0.135. The predicted molar refractivity (Wildman–Crippen MR) is 104 cm³/mol. The van der Waals surface area contributed by atoms with Gasteiger partial charge in [-0.05, 0) is 32.9 Å². The Morgan fingerprint density at radius 1 is 1.18 bits per heavy atom. The first-order valence-corrected chi connectivity index (χ1v) is 9.24. The summed E-state index contributed by atoms with van der Waals surface area (Å²) in [7, 11) is 1.49. The molecule has 0 aromatic heterocycles. The Balaban J connectivity index is 1.80. The summed E-state index contributed by atoms with van der Waals surface area (Å²) in [4.78, 5) is 28.2. The van der Waals surface area contributed by atoms with Gasteiger partial charge < -0.3 is 19.7 Å². The second-order valence-electron chi connectivity index (χ2n) is 7.72. The summed E-state index contributed by atoms with van der Waals surface area (Å²) < 4.78 is 10.8. The van der Waals surface area contributed by atoms with Crippen molar-refractivity contribution >= 4 is 11.8 Å². The number of nitrogens with zero attached hydrogens (tertiary/aromatic N) is 3. The quantitative estimate of drug-likeness (QED) is 0.781. The van der Waals surface area contributed by atoms with Crippen molar-refractivity contribution in [3.05, 3.63) is 23.8 Å². The number of carbonyl (C=O) groups excluding carboxylic acids is 2. The van der Waals surface area contributed by atoms with E-state index in [-0.39, 0.29) is 24.0 Å². The second kappa shape index (κ2) is 9.42. The van der Waals surface area contributed by atoms with Gasteiger partial charge in [-0.3, -0.25) is 14.5 Å². The first kappa shape index (κ1) is 21.5. The molecule has 1 aromatic carbocycles. The normalized spacial score (nSPS) is 14.9. The van der Waals surface area contributed by atoms with E-state index >= 15 is 0 Å². The number of benzene rings is 1. The molecule has 1 aliphatic heterocycles. The molecule has 8 heteroatoms. The van der Waals surface area contributed by atoms with Crippen molar-refractivity contribution in [1.82, 2.24) is 15.1 Å². The van der Waals surface area contributed by atoms with Gasteiger partial charge in [-0.25, -0.2) is 0 Å². The Morgan fingerprint density at radius 3 is 2.43 bits per heavy atom. The highest BCUT2D eigenvalue weighted by molar-refractivity contribution is 5.79.